The third kappa shape index (κ3) is 6.09. The van der Waals surface area contributed by atoms with Crippen molar-refractivity contribution in [3.8, 4) is 0 Å². The highest BCUT2D eigenvalue weighted by Crippen LogP contribution is 2.58. The minimum Gasteiger partial charge on any atom is -0.334 e. The van der Waals surface area contributed by atoms with Gasteiger partial charge in [0.25, 0.3) is 5.91 Å². The van der Waals surface area contributed by atoms with Crippen LogP contribution in [0, 0.1) is 0 Å². The summed E-state index contributed by atoms with van der Waals surface area (Å²) in [6.45, 7) is 3.35. The van der Waals surface area contributed by atoms with Crippen molar-refractivity contribution < 1.29 is 18.4 Å². The molecule has 10 heteroatoms. The van der Waals surface area contributed by atoms with Gasteiger partial charge in [0.15, 0.2) is 5.78 Å². The van der Waals surface area contributed by atoms with Crippen LogP contribution in [0.15, 0.2) is 24.3 Å². The number of hydrogen-bond acceptors (Lipinski definition) is 4. The molecule has 0 fully saturated rings. The largest absolute Gasteiger partial charge is 0.357 e. The smallest absolute Gasteiger partial charge is 0.334 e. The van der Waals surface area contributed by atoms with E-state index in [0.717, 1.165) is 0 Å². The quantitative estimate of drug-likeness (QED) is 0.494. The fourth-order valence-electron chi connectivity index (χ4n) is 1.70. The van der Waals surface area contributed by atoms with Gasteiger partial charge in [0.2, 0.25) is 3.79 Å². The minimum atomic E-state index is -3.89. The highest BCUT2D eigenvalue weighted by Gasteiger charge is 2.49. The van der Waals surface area contributed by atoms with Crippen molar-refractivity contribution in [1.82, 2.24) is 5.32 Å². The van der Waals surface area contributed by atoms with Crippen molar-refractivity contribution in [2.75, 3.05) is 13.2 Å². The summed E-state index contributed by atoms with van der Waals surface area (Å²) in [5.41, 5.74) is 0.258. The van der Waals surface area contributed by atoms with Gasteiger partial charge >= 0.3 is 7.60 Å². The predicted molar refractivity (Wildman–Crippen MR) is 93.9 cm³/mol. The highest BCUT2D eigenvalue weighted by atomic mass is 35.6. The molecule has 130 valence electrons. The zero-order chi connectivity index (χ0) is 17.7. The number of nitrogens with one attached hydrogen (secondary N) is 1. The molecule has 1 atom stereocenters. The van der Waals surface area contributed by atoms with Gasteiger partial charge in [-0.3, -0.25) is 9.36 Å². The van der Waals surface area contributed by atoms with Crippen molar-refractivity contribution in [1.29, 1.82) is 0 Å². The van der Waals surface area contributed by atoms with Gasteiger partial charge in [-0.25, -0.2) is 0 Å². The minimum absolute atomic E-state index is 0.0609. The molecular formula is C13H16Cl4NO4P. The van der Waals surface area contributed by atoms with Crippen LogP contribution in [0.5, 0.6) is 0 Å². The van der Waals surface area contributed by atoms with Crippen LogP contribution in [0.25, 0.3) is 0 Å². The monoisotopic (exact) mass is 421 g/mol. The lowest BCUT2D eigenvalue weighted by atomic mass is 10.2. The summed E-state index contributed by atoms with van der Waals surface area (Å²) in [6.07, 6.45) is 0. The average molecular weight is 423 g/mol. The maximum absolute atomic E-state index is 12.8. The highest BCUT2D eigenvalue weighted by molar-refractivity contribution is 7.55. The molecule has 0 saturated heterocycles. The molecule has 1 amide bonds. The van der Waals surface area contributed by atoms with E-state index in [4.69, 9.17) is 55.5 Å². The Bertz CT molecular complexity index is 566. The zero-order valence-electron chi connectivity index (χ0n) is 12.4. The first kappa shape index (κ1) is 21.0. The second-order valence-electron chi connectivity index (χ2n) is 4.30. The second-order valence-corrected chi connectivity index (χ2v) is 9.22. The Balaban J connectivity index is 3.09. The molecule has 5 nitrogen and oxygen atoms in total. The van der Waals surface area contributed by atoms with Crippen molar-refractivity contribution >= 4 is 59.9 Å². The van der Waals surface area contributed by atoms with Crippen molar-refractivity contribution in [3.05, 3.63) is 34.9 Å². The molecule has 0 heterocycles. The Morgan fingerprint density at radius 2 is 1.65 bits per heavy atom. The molecular weight excluding hydrogens is 407 g/mol. The summed E-state index contributed by atoms with van der Waals surface area (Å²) in [6, 6.07) is 6.04. The molecule has 0 aliphatic carbocycles. The Hall–Kier alpha value is -0.000000000000000111. The number of halogens is 4. The van der Waals surface area contributed by atoms with Crippen LogP contribution < -0.4 is 5.32 Å². The van der Waals surface area contributed by atoms with Crippen LogP contribution in [-0.2, 0) is 13.6 Å². The molecule has 0 aromatic heterocycles. The van der Waals surface area contributed by atoms with Crippen molar-refractivity contribution in [2.45, 2.75) is 23.4 Å². The van der Waals surface area contributed by atoms with Crippen LogP contribution in [0.2, 0.25) is 5.02 Å². The van der Waals surface area contributed by atoms with E-state index < -0.39 is 23.1 Å². The molecule has 0 bridgehead atoms. The van der Waals surface area contributed by atoms with Gasteiger partial charge in [-0.15, -0.1) is 0 Å². The standard InChI is InChI=1S/C13H16Cl4NO4P/c1-3-21-23(20,22-4-2)12(13(15,16)17)18-11(19)9-5-7-10(14)8-6-9/h5-8,12H,3-4H2,1-2H3,(H,18,19)/t12-/m0/s1. The summed E-state index contributed by atoms with van der Waals surface area (Å²) in [5.74, 6) is -2.07. The first-order chi connectivity index (χ1) is 10.6. The van der Waals surface area contributed by atoms with Crippen molar-refractivity contribution in [2.24, 2.45) is 0 Å². The van der Waals surface area contributed by atoms with Crippen LogP contribution in [0.4, 0.5) is 0 Å². The molecule has 0 radical (unpaired) electrons. The van der Waals surface area contributed by atoms with Crippen molar-refractivity contribution in [3.63, 3.8) is 0 Å². The van der Waals surface area contributed by atoms with E-state index in [2.05, 4.69) is 5.32 Å². The molecule has 0 aliphatic heterocycles. The topological polar surface area (TPSA) is 64.6 Å². The van der Waals surface area contributed by atoms with E-state index in [9.17, 15) is 9.36 Å². The van der Waals surface area contributed by atoms with E-state index in [-0.39, 0.29) is 18.8 Å². The fourth-order valence-corrected chi connectivity index (χ4v) is 4.79. The van der Waals surface area contributed by atoms with Crippen LogP contribution in [0.3, 0.4) is 0 Å². The third-order valence-corrected chi connectivity index (χ3v) is 6.37. The molecule has 0 aliphatic rings. The van der Waals surface area contributed by atoms with E-state index in [0.29, 0.717) is 5.02 Å². The summed E-state index contributed by atoms with van der Waals surface area (Å²) < 4.78 is 21.1. The third-order valence-electron chi connectivity index (χ3n) is 2.62. The first-order valence-corrected chi connectivity index (χ1v) is 9.78. The van der Waals surface area contributed by atoms with Gasteiger partial charge in [0.1, 0.15) is 0 Å². The average Bonchev–Trinajstić information content (AvgIpc) is 2.44. The van der Waals surface area contributed by atoms with E-state index in [1.54, 1.807) is 13.8 Å². The van der Waals surface area contributed by atoms with Gasteiger partial charge in [-0.2, -0.15) is 0 Å². The number of alkyl halides is 3. The SMILES string of the molecule is CCOP(=O)(OCC)[C@H](NC(=O)c1ccc(Cl)cc1)C(Cl)(Cl)Cl. The summed E-state index contributed by atoms with van der Waals surface area (Å²) >= 11 is 23.4. The lowest BCUT2D eigenvalue weighted by molar-refractivity contribution is 0.0938. The van der Waals surface area contributed by atoms with Crippen LogP contribution >= 0.6 is 54.0 Å². The summed E-state index contributed by atoms with van der Waals surface area (Å²) in [7, 11) is -3.89. The molecule has 0 unspecified atom stereocenters. The van der Waals surface area contributed by atoms with E-state index >= 15 is 0 Å². The molecule has 1 N–H and O–H groups in total. The Labute approximate surface area is 155 Å². The van der Waals surface area contributed by atoms with Gasteiger partial charge < -0.3 is 14.4 Å². The molecule has 0 saturated carbocycles. The summed E-state index contributed by atoms with van der Waals surface area (Å²) in [5, 5.41) is 2.88. The number of amides is 1. The number of rotatable bonds is 7. The van der Waals surface area contributed by atoms with Crippen LogP contribution in [-0.4, -0.2) is 28.7 Å². The Kier molecular flexibility index (Phi) is 8.15. The maximum Gasteiger partial charge on any atom is 0.357 e. The maximum atomic E-state index is 12.8. The summed E-state index contributed by atoms with van der Waals surface area (Å²) in [4.78, 5) is 12.3. The Morgan fingerprint density at radius 3 is 2.04 bits per heavy atom. The Morgan fingerprint density at radius 1 is 1.17 bits per heavy atom. The predicted octanol–water partition coefficient (Wildman–Crippen LogP) is 5.03. The fraction of sp³-hybridized carbons (Fsp3) is 0.462. The number of benzene rings is 1. The van der Waals surface area contributed by atoms with Crippen LogP contribution in [0.1, 0.15) is 24.2 Å². The number of hydrogen-bond donors (Lipinski definition) is 1. The number of carbonyl (C=O) groups is 1. The normalized spacial score (nSPS) is 13.7. The lowest BCUT2D eigenvalue weighted by Gasteiger charge is -2.31. The molecule has 0 spiro atoms. The van der Waals surface area contributed by atoms with Gasteiger partial charge in [-0.05, 0) is 38.1 Å². The van der Waals surface area contributed by atoms with E-state index in [1.807, 2.05) is 0 Å². The molecule has 1 aromatic carbocycles. The molecule has 23 heavy (non-hydrogen) atoms. The van der Waals surface area contributed by atoms with Gasteiger partial charge in [0.05, 0.1) is 13.2 Å². The lowest BCUT2D eigenvalue weighted by Crippen LogP contribution is -2.44. The first-order valence-electron chi connectivity index (χ1n) is 6.66. The van der Waals surface area contributed by atoms with Gasteiger partial charge in [0, 0.05) is 10.6 Å². The van der Waals surface area contributed by atoms with E-state index in [1.165, 1.54) is 24.3 Å². The molecule has 1 aromatic rings. The molecule has 1 rings (SSSR count). The second kappa shape index (κ2) is 8.91. The number of carbonyl (C=O) groups excluding carboxylic acids is 1. The zero-order valence-corrected chi connectivity index (χ0v) is 16.3. The van der Waals surface area contributed by atoms with Gasteiger partial charge in [-0.1, -0.05) is 46.4 Å².